The van der Waals surface area contributed by atoms with Crippen LogP contribution in [-0.4, -0.2) is 32.4 Å². The quantitative estimate of drug-likeness (QED) is 0.893. The molecule has 2 N–H and O–H groups in total. The number of nitrogens with one attached hydrogen (secondary N) is 2. The molecule has 1 aliphatic heterocycles. The molecule has 0 aromatic heterocycles. The van der Waals surface area contributed by atoms with Gasteiger partial charge in [-0.15, -0.1) is 0 Å². The highest BCUT2D eigenvalue weighted by Gasteiger charge is 2.16. The molecule has 0 radical (unpaired) electrons. The number of urea groups is 1. The molecule has 19 heavy (non-hydrogen) atoms. The first-order valence-corrected chi connectivity index (χ1v) is 6.98. The maximum absolute atomic E-state index is 11.7. The van der Waals surface area contributed by atoms with Gasteiger partial charge in [0.25, 0.3) is 0 Å². The number of benzene rings is 1. The van der Waals surface area contributed by atoms with Crippen molar-refractivity contribution in [1.82, 2.24) is 5.32 Å². The van der Waals surface area contributed by atoms with Crippen LogP contribution in [0.25, 0.3) is 0 Å². The van der Waals surface area contributed by atoms with E-state index in [4.69, 9.17) is 9.47 Å². The second-order valence-electron chi connectivity index (χ2n) is 4.32. The van der Waals surface area contributed by atoms with Crippen molar-refractivity contribution in [3.8, 4) is 5.75 Å². The monoisotopic (exact) mass is 328 g/mol. The largest absolute Gasteiger partial charge is 0.496 e. The van der Waals surface area contributed by atoms with Gasteiger partial charge in [-0.25, -0.2) is 4.79 Å². The standard InChI is InChI=1S/C13H17BrN2O3/c1-18-12-5-4-9(7-11(12)14)16-13(17)15-8-10-3-2-6-19-10/h4-5,7,10H,2-3,6,8H2,1H3,(H2,15,16,17). The molecule has 1 aliphatic rings. The lowest BCUT2D eigenvalue weighted by Gasteiger charge is -2.12. The molecule has 0 saturated carbocycles. The highest BCUT2D eigenvalue weighted by Crippen LogP contribution is 2.27. The van der Waals surface area contributed by atoms with Crippen molar-refractivity contribution in [2.45, 2.75) is 18.9 Å². The molecule has 1 saturated heterocycles. The normalized spacial score (nSPS) is 18.1. The van der Waals surface area contributed by atoms with Gasteiger partial charge in [0.1, 0.15) is 5.75 Å². The molecule has 1 fully saturated rings. The van der Waals surface area contributed by atoms with Crippen LogP contribution in [-0.2, 0) is 4.74 Å². The molecule has 1 unspecified atom stereocenters. The number of methoxy groups -OCH3 is 1. The van der Waals surface area contributed by atoms with E-state index in [0.29, 0.717) is 12.2 Å². The molecule has 1 heterocycles. The number of ether oxygens (including phenoxy) is 2. The average Bonchev–Trinajstić information content (AvgIpc) is 2.90. The molecule has 1 atom stereocenters. The Labute approximate surface area is 120 Å². The van der Waals surface area contributed by atoms with Crippen LogP contribution in [0.5, 0.6) is 5.75 Å². The van der Waals surface area contributed by atoms with Crippen molar-refractivity contribution in [1.29, 1.82) is 0 Å². The third-order valence-corrected chi connectivity index (χ3v) is 3.54. The van der Waals surface area contributed by atoms with Crippen LogP contribution in [0.2, 0.25) is 0 Å². The van der Waals surface area contributed by atoms with Gasteiger partial charge in [-0.2, -0.15) is 0 Å². The maximum atomic E-state index is 11.7. The van der Waals surface area contributed by atoms with Gasteiger partial charge in [-0.3, -0.25) is 0 Å². The second-order valence-corrected chi connectivity index (χ2v) is 5.17. The number of hydrogen-bond donors (Lipinski definition) is 2. The van der Waals surface area contributed by atoms with E-state index in [1.165, 1.54) is 0 Å². The zero-order valence-corrected chi connectivity index (χ0v) is 12.3. The SMILES string of the molecule is COc1ccc(NC(=O)NCC2CCCO2)cc1Br. The average molecular weight is 329 g/mol. The molecule has 6 heteroatoms. The predicted molar refractivity (Wildman–Crippen MR) is 76.7 cm³/mol. The molecule has 104 valence electrons. The van der Waals surface area contributed by atoms with Crippen LogP contribution in [0.15, 0.2) is 22.7 Å². The number of carbonyl (C=O) groups excluding carboxylic acids is 1. The number of carbonyl (C=O) groups is 1. The minimum absolute atomic E-state index is 0.147. The molecule has 5 nitrogen and oxygen atoms in total. The molecule has 0 spiro atoms. The number of hydrogen-bond acceptors (Lipinski definition) is 3. The van der Waals surface area contributed by atoms with Crippen LogP contribution in [0.1, 0.15) is 12.8 Å². The Morgan fingerprint density at radius 3 is 3.05 bits per heavy atom. The van der Waals surface area contributed by atoms with Crippen molar-refractivity contribution >= 4 is 27.6 Å². The highest BCUT2D eigenvalue weighted by atomic mass is 79.9. The van der Waals surface area contributed by atoms with Crippen molar-refractivity contribution in [2.75, 3.05) is 25.6 Å². The lowest BCUT2D eigenvalue weighted by Crippen LogP contribution is -2.35. The summed E-state index contributed by atoms with van der Waals surface area (Å²) in [5.74, 6) is 0.727. The lowest BCUT2D eigenvalue weighted by molar-refractivity contribution is 0.112. The van der Waals surface area contributed by atoms with Crippen molar-refractivity contribution in [3.05, 3.63) is 22.7 Å². The van der Waals surface area contributed by atoms with E-state index in [-0.39, 0.29) is 12.1 Å². The molecular formula is C13H17BrN2O3. The van der Waals surface area contributed by atoms with Crippen molar-refractivity contribution < 1.29 is 14.3 Å². The van der Waals surface area contributed by atoms with Gasteiger partial charge in [0.15, 0.2) is 0 Å². The van der Waals surface area contributed by atoms with Crippen molar-refractivity contribution in [2.24, 2.45) is 0 Å². The summed E-state index contributed by atoms with van der Waals surface area (Å²) in [5, 5.41) is 5.57. The van der Waals surface area contributed by atoms with E-state index in [2.05, 4.69) is 26.6 Å². The third-order valence-electron chi connectivity index (χ3n) is 2.92. The van der Waals surface area contributed by atoms with Crippen LogP contribution in [0, 0.1) is 0 Å². The van der Waals surface area contributed by atoms with Gasteiger partial charge in [0.2, 0.25) is 0 Å². The van der Waals surface area contributed by atoms with Gasteiger partial charge >= 0.3 is 6.03 Å². The van der Waals surface area contributed by atoms with E-state index in [9.17, 15) is 4.79 Å². The maximum Gasteiger partial charge on any atom is 0.319 e. The smallest absolute Gasteiger partial charge is 0.319 e. The zero-order chi connectivity index (χ0) is 13.7. The van der Waals surface area contributed by atoms with E-state index in [1.807, 2.05) is 0 Å². The van der Waals surface area contributed by atoms with Crippen LogP contribution in [0.3, 0.4) is 0 Å². The fraction of sp³-hybridized carbons (Fsp3) is 0.462. The Morgan fingerprint density at radius 1 is 1.58 bits per heavy atom. The summed E-state index contributed by atoms with van der Waals surface area (Å²) in [7, 11) is 1.60. The summed E-state index contributed by atoms with van der Waals surface area (Å²) < 4.78 is 11.4. The summed E-state index contributed by atoms with van der Waals surface area (Å²) in [6, 6.07) is 5.15. The van der Waals surface area contributed by atoms with E-state index in [0.717, 1.165) is 29.7 Å². The topological polar surface area (TPSA) is 59.6 Å². The molecule has 0 bridgehead atoms. The third kappa shape index (κ3) is 4.11. The first-order valence-electron chi connectivity index (χ1n) is 6.19. The summed E-state index contributed by atoms with van der Waals surface area (Å²) in [5.41, 5.74) is 0.706. The number of amides is 2. The zero-order valence-electron chi connectivity index (χ0n) is 10.7. The van der Waals surface area contributed by atoms with E-state index >= 15 is 0 Å². The van der Waals surface area contributed by atoms with Gasteiger partial charge in [-0.1, -0.05) is 0 Å². The molecule has 2 rings (SSSR count). The fourth-order valence-electron chi connectivity index (χ4n) is 1.93. The van der Waals surface area contributed by atoms with E-state index < -0.39 is 0 Å². The first-order chi connectivity index (χ1) is 9.19. The van der Waals surface area contributed by atoms with E-state index in [1.54, 1.807) is 25.3 Å². The molecular weight excluding hydrogens is 312 g/mol. The number of rotatable bonds is 4. The number of halogens is 1. The summed E-state index contributed by atoms with van der Waals surface area (Å²) >= 11 is 3.37. The first kappa shape index (κ1) is 14.1. The minimum Gasteiger partial charge on any atom is -0.496 e. The van der Waals surface area contributed by atoms with Crippen molar-refractivity contribution in [3.63, 3.8) is 0 Å². The summed E-state index contributed by atoms with van der Waals surface area (Å²) in [6.45, 7) is 1.34. The summed E-state index contributed by atoms with van der Waals surface area (Å²) in [6.07, 6.45) is 2.22. The molecule has 2 amide bonds. The number of anilines is 1. The molecule has 1 aromatic rings. The van der Waals surface area contributed by atoms with Gasteiger partial charge in [0, 0.05) is 18.8 Å². The Hall–Kier alpha value is -1.27. The fourth-order valence-corrected chi connectivity index (χ4v) is 2.47. The van der Waals surface area contributed by atoms with Gasteiger partial charge < -0.3 is 20.1 Å². The van der Waals surface area contributed by atoms with Gasteiger partial charge in [-0.05, 0) is 47.0 Å². The van der Waals surface area contributed by atoms with Gasteiger partial charge in [0.05, 0.1) is 17.7 Å². The Balaban J connectivity index is 1.82. The minimum atomic E-state index is -0.229. The van der Waals surface area contributed by atoms with Crippen LogP contribution in [0.4, 0.5) is 10.5 Å². The Bertz CT molecular complexity index is 448. The molecule has 1 aromatic carbocycles. The Kier molecular flexibility index (Phi) is 5.04. The Morgan fingerprint density at radius 2 is 2.42 bits per heavy atom. The van der Waals surface area contributed by atoms with Crippen LogP contribution < -0.4 is 15.4 Å². The van der Waals surface area contributed by atoms with Crippen LogP contribution >= 0.6 is 15.9 Å². The summed E-state index contributed by atoms with van der Waals surface area (Å²) in [4.78, 5) is 11.7. The highest BCUT2D eigenvalue weighted by molar-refractivity contribution is 9.10. The lowest BCUT2D eigenvalue weighted by atomic mass is 10.2. The predicted octanol–water partition coefficient (Wildman–Crippen LogP) is 2.76. The molecule has 0 aliphatic carbocycles. The second kappa shape index (κ2) is 6.77.